The zero-order chi connectivity index (χ0) is 9.90. The second-order valence-corrected chi connectivity index (χ2v) is 6.41. The van der Waals surface area contributed by atoms with Crippen molar-refractivity contribution < 1.29 is 8.42 Å². The third-order valence-electron chi connectivity index (χ3n) is 1.84. The molecule has 0 aliphatic carbocycles. The summed E-state index contributed by atoms with van der Waals surface area (Å²) in [5.74, 6) is 0. The molecule has 0 fully saturated rings. The van der Waals surface area contributed by atoms with Crippen LogP contribution < -0.4 is 0 Å². The lowest BCUT2D eigenvalue weighted by Crippen LogP contribution is -2.13. The molecular formula is C9H12O2S2. The summed E-state index contributed by atoms with van der Waals surface area (Å²) in [6.45, 7) is 1.70. The average Bonchev–Trinajstić information content (AvgIpc) is 2.18. The predicted molar refractivity (Wildman–Crippen MR) is 56.6 cm³/mol. The second kappa shape index (κ2) is 4.15. The van der Waals surface area contributed by atoms with Crippen LogP contribution in [0.15, 0.2) is 35.2 Å². The molecule has 0 amide bonds. The maximum Gasteiger partial charge on any atom is 0.190 e. The molecule has 0 aliphatic heterocycles. The molecule has 0 N–H and O–H groups in total. The zero-order valence-corrected chi connectivity index (χ0v) is 9.23. The van der Waals surface area contributed by atoms with Gasteiger partial charge in [0.2, 0.25) is 0 Å². The monoisotopic (exact) mass is 216 g/mol. The zero-order valence-electron chi connectivity index (χ0n) is 7.60. The Labute approximate surface area is 83.3 Å². The van der Waals surface area contributed by atoms with Gasteiger partial charge < -0.3 is 0 Å². The summed E-state index contributed by atoms with van der Waals surface area (Å²) in [7, 11) is -3.13. The van der Waals surface area contributed by atoms with Crippen molar-refractivity contribution in [2.45, 2.75) is 16.4 Å². The summed E-state index contributed by atoms with van der Waals surface area (Å²) in [4.78, 5) is 0.400. The van der Waals surface area contributed by atoms with Crippen LogP contribution in [-0.2, 0) is 9.84 Å². The van der Waals surface area contributed by atoms with E-state index in [2.05, 4.69) is 0 Å². The van der Waals surface area contributed by atoms with Crippen LogP contribution >= 0.6 is 11.8 Å². The smallest absolute Gasteiger partial charge is 0.190 e. The first-order chi connectivity index (χ1) is 6.09. The average molecular weight is 216 g/mol. The largest absolute Gasteiger partial charge is 0.223 e. The van der Waals surface area contributed by atoms with Crippen LogP contribution in [0.1, 0.15) is 6.92 Å². The van der Waals surface area contributed by atoms with Crippen molar-refractivity contribution in [1.29, 1.82) is 0 Å². The van der Waals surface area contributed by atoms with Gasteiger partial charge in [0, 0.05) is 0 Å². The van der Waals surface area contributed by atoms with Crippen molar-refractivity contribution in [3.05, 3.63) is 30.3 Å². The molecule has 0 aromatic heterocycles. The van der Waals surface area contributed by atoms with Gasteiger partial charge in [-0.15, -0.1) is 11.8 Å². The number of thioether (sulfide) groups is 1. The van der Waals surface area contributed by atoms with Crippen LogP contribution in [0.4, 0.5) is 0 Å². The minimum absolute atomic E-state index is 0.380. The molecule has 0 heterocycles. The van der Waals surface area contributed by atoms with Crippen LogP contribution in [0.25, 0.3) is 0 Å². The van der Waals surface area contributed by atoms with Crippen molar-refractivity contribution in [3.8, 4) is 0 Å². The van der Waals surface area contributed by atoms with Crippen molar-refractivity contribution in [3.63, 3.8) is 0 Å². The molecule has 1 aromatic carbocycles. The highest BCUT2D eigenvalue weighted by molar-refractivity contribution is 8.13. The Morgan fingerprint density at radius 3 is 2.23 bits per heavy atom. The quantitative estimate of drug-likeness (QED) is 0.776. The maximum atomic E-state index is 11.7. The molecule has 1 aromatic rings. The Hall–Kier alpha value is -0.480. The Kier molecular flexibility index (Phi) is 3.39. The highest BCUT2D eigenvalue weighted by Crippen LogP contribution is 2.21. The fourth-order valence-corrected chi connectivity index (χ4v) is 3.20. The van der Waals surface area contributed by atoms with Crippen molar-refractivity contribution in [1.82, 2.24) is 0 Å². The van der Waals surface area contributed by atoms with Gasteiger partial charge in [-0.25, -0.2) is 8.42 Å². The third kappa shape index (κ3) is 2.25. The first kappa shape index (κ1) is 10.6. The number of rotatable bonds is 3. The molecule has 13 heavy (non-hydrogen) atoms. The molecule has 0 bridgehead atoms. The van der Waals surface area contributed by atoms with Crippen LogP contribution in [-0.4, -0.2) is 19.3 Å². The first-order valence-corrected chi connectivity index (χ1v) is 6.74. The van der Waals surface area contributed by atoms with Gasteiger partial charge in [-0.05, 0) is 25.3 Å². The number of benzene rings is 1. The van der Waals surface area contributed by atoms with Gasteiger partial charge in [-0.3, -0.25) is 0 Å². The lowest BCUT2D eigenvalue weighted by Gasteiger charge is -2.09. The van der Waals surface area contributed by atoms with E-state index in [-0.39, 0.29) is 4.58 Å². The fraction of sp³-hybridized carbons (Fsp3) is 0.333. The van der Waals surface area contributed by atoms with Crippen molar-refractivity contribution >= 4 is 21.6 Å². The molecule has 0 spiro atoms. The Morgan fingerprint density at radius 2 is 1.77 bits per heavy atom. The van der Waals surface area contributed by atoms with Gasteiger partial charge in [0.1, 0.15) is 4.58 Å². The highest BCUT2D eigenvalue weighted by Gasteiger charge is 2.21. The van der Waals surface area contributed by atoms with Gasteiger partial charge in [0.25, 0.3) is 0 Å². The first-order valence-electron chi connectivity index (χ1n) is 3.91. The summed E-state index contributed by atoms with van der Waals surface area (Å²) in [6.07, 6.45) is 1.80. The summed E-state index contributed by atoms with van der Waals surface area (Å²) in [6, 6.07) is 8.53. The molecule has 1 unspecified atom stereocenters. The van der Waals surface area contributed by atoms with E-state index >= 15 is 0 Å². The van der Waals surface area contributed by atoms with Gasteiger partial charge in [-0.1, -0.05) is 18.2 Å². The SMILES string of the molecule is CSC(C)S(=O)(=O)c1ccccc1. The van der Waals surface area contributed by atoms with Gasteiger partial charge in [0.15, 0.2) is 9.84 Å². The van der Waals surface area contributed by atoms with Crippen LogP contribution in [0.5, 0.6) is 0 Å². The molecule has 0 radical (unpaired) electrons. The summed E-state index contributed by atoms with van der Waals surface area (Å²) < 4.78 is 23.1. The summed E-state index contributed by atoms with van der Waals surface area (Å²) in [5.41, 5.74) is 0. The maximum absolute atomic E-state index is 11.7. The standard InChI is InChI=1S/C9H12O2S2/c1-8(12-2)13(10,11)9-6-4-3-5-7-9/h3-8H,1-2H3. The lowest BCUT2D eigenvalue weighted by molar-refractivity contribution is 0.595. The summed E-state index contributed by atoms with van der Waals surface area (Å²) in [5, 5.41) is 0. The molecule has 72 valence electrons. The van der Waals surface area contributed by atoms with Crippen LogP contribution in [0.3, 0.4) is 0 Å². The topological polar surface area (TPSA) is 34.1 Å². The van der Waals surface area contributed by atoms with Gasteiger partial charge in [-0.2, -0.15) is 0 Å². The Morgan fingerprint density at radius 1 is 1.23 bits per heavy atom. The van der Waals surface area contributed by atoms with E-state index in [0.717, 1.165) is 0 Å². The van der Waals surface area contributed by atoms with Crippen LogP contribution in [0, 0.1) is 0 Å². The molecule has 4 heteroatoms. The Bertz CT molecular complexity index is 356. The molecule has 1 rings (SSSR count). The van der Waals surface area contributed by atoms with E-state index in [1.165, 1.54) is 11.8 Å². The van der Waals surface area contributed by atoms with E-state index < -0.39 is 9.84 Å². The molecule has 0 aliphatic rings. The second-order valence-electron chi connectivity index (χ2n) is 2.66. The lowest BCUT2D eigenvalue weighted by atomic mass is 10.4. The van der Waals surface area contributed by atoms with Gasteiger partial charge in [0.05, 0.1) is 4.90 Å². The Balaban J connectivity index is 3.09. The van der Waals surface area contributed by atoms with E-state index in [1.807, 2.05) is 6.07 Å². The van der Waals surface area contributed by atoms with Crippen molar-refractivity contribution in [2.75, 3.05) is 6.26 Å². The van der Waals surface area contributed by atoms with Crippen molar-refractivity contribution in [2.24, 2.45) is 0 Å². The van der Waals surface area contributed by atoms with E-state index in [0.29, 0.717) is 4.90 Å². The van der Waals surface area contributed by atoms with Gasteiger partial charge >= 0.3 is 0 Å². The third-order valence-corrected chi connectivity index (χ3v) is 5.65. The van der Waals surface area contributed by atoms with E-state index in [1.54, 1.807) is 37.4 Å². The van der Waals surface area contributed by atoms with Crippen LogP contribution in [0.2, 0.25) is 0 Å². The highest BCUT2D eigenvalue weighted by atomic mass is 32.3. The fourth-order valence-electron chi connectivity index (χ4n) is 0.928. The van der Waals surface area contributed by atoms with E-state index in [4.69, 9.17) is 0 Å². The summed E-state index contributed by atoms with van der Waals surface area (Å²) >= 11 is 1.34. The normalized spacial score (nSPS) is 14.0. The molecule has 1 atom stereocenters. The molecule has 2 nitrogen and oxygen atoms in total. The van der Waals surface area contributed by atoms with E-state index in [9.17, 15) is 8.42 Å². The predicted octanol–water partition coefficient (Wildman–Crippen LogP) is 2.17. The molecule has 0 saturated carbocycles. The number of hydrogen-bond acceptors (Lipinski definition) is 3. The minimum atomic E-state index is -3.13. The minimum Gasteiger partial charge on any atom is -0.223 e. The molecule has 0 saturated heterocycles. The number of sulfone groups is 1. The number of hydrogen-bond donors (Lipinski definition) is 0. The molecular weight excluding hydrogens is 204 g/mol.